The molecule has 2 atom stereocenters. The van der Waals surface area contributed by atoms with E-state index in [4.69, 9.17) is 4.74 Å². The van der Waals surface area contributed by atoms with Crippen LogP contribution in [0, 0.1) is 17.8 Å². The molecule has 1 N–H and O–H groups in total. The predicted molar refractivity (Wildman–Crippen MR) is 49.0 cm³/mol. The van der Waals surface area contributed by atoms with E-state index in [1.54, 1.807) is 0 Å². The molecule has 0 aromatic heterocycles. The van der Waals surface area contributed by atoms with Gasteiger partial charge in [0.15, 0.2) is 0 Å². The van der Waals surface area contributed by atoms with Crippen molar-refractivity contribution in [2.24, 2.45) is 17.8 Å². The van der Waals surface area contributed by atoms with Gasteiger partial charge in [0.25, 0.3) is 0 Å². The Morgan fingerprint density at radius 1 is 1.50 bits per heavy atom. The van der Waals surface area contributed by atoms with Gasteiger partial charge >= 0.3 is 0 Å². The minimum absolute atomic E-state index is 0.326. The SMILES string of the molecule is CC(C)CC(CO)C1CCOC1. The van der Waals surface area contributed by atoms with Crippen LogP contribution in [0.1, 0.15) is 26.7 Å². The van der Waals surface area contributed by atoms with Crippen LogP contribution in [0.15, 0.2) is 0 Å². The van der Waals surface area contributed by atoms with Crippen molar-refractivity contribution in [2.75, 3.05) is 19.8 Å². The fourth-order valence-corrected chi connectivity index (χ4v) is 1.95. The smallest absolute Gasteiger partial charge is 0.0498 e. The number of hydrogen-bond acceptors (Lipinski definition) is 2. The number of hydrogen-bond donors (Lipinski definition) is 1. The van der Waals surface area contributed by atoms with Crippen LogP contribution in [-0.4, -0.2) is 24.9 Å². The summed E-state index contributed by atoms with van der Waals surface area (Å²) >= 11 is 0. The van der Waals surface area contributed by atoms with Gasteiger partial charge in [-0.25, -0.2) is 0 Å². The second kappa shape index (κ2) is 4.83. The quantitative estimate of drug-likeness (QED) is 0.699. The molecular weight excluding hydrogens is 152 g/mol. The van der Waals surface area contributed by atoms with Gasteiger partial charge < -0.3 is 9.84 Å². The molecule has 0 aromatic rings. The normalized spacial score (nSPS) is 26.5. The number of ether oxygens (including phenoxy) is 1. The maximum Gasteiger partial charge on any atom is 0.0498 e. The molecule has 12 heavy (non-hydrogen) atoms. The molecule has 0 amide bonds. The molecule has 2 nitrogen and oxygen atoms in total. The first kappa shape index (κ1) is 10.0. The van der Waals surface area contributed by atoms with E-state index in [0.717, 1.165) is 26.1 Å². The van der Waals surface area contributed by atoms with E-state index in [1.807, 2.05) is 0 Å². The van der Waals surface area contributed by atoms with Crippen molar-refractivity contribution >= 4 is 0 Å². The molecule has 0 radical (unpaired) electrons. The summed E-state index contributed by atoms with van der Waals surface area (Å²) in [7, 11) is 0. The van der Waals surface area contributed by atoms with Crippen LogP contribution in [0.25, 0.3) is 0 Å². The molecule has 0 aromatic carbocycles. The molecular formula is C10H20O2. The van der Waals surface area contributed by atoms with Crippen LogP contribution in [-0.2, 0) is 4.74 Å². The third-order valence-electron chi connectivity index (χ3n) is 2.64. The number of aliphatic hydroxyl groups excluding tert-OH is 1. The Bertz CT molecular complexity index is 117. The van der Waals surface area contributed by atoms with Gasteiger partial charge in [-0.2, -0.15) is 0 Å². The summed E-state index contributed by atoms with van der Waals surface area (Å²) in [6.07, 6.45) is 2.27. The van der Waals surface area contributed by atoms with Crippen LogP contribution in [0.3, 0.4) is 0 Å². The second-order valence-corrected chi connectivity index (χ2v) is 4.20. The van der Waals surface area contributed by atoms with Crippen molar-refractivity contribution in [1.82, 2.24) is 0 Å². The van der Waals surface area contributed by atoms with Gasteiger partial charge in [-0.3, -0.25) is 0 Å². The van der Waals surface area contributed by atoms with Gasteiger partial charge in [0.1, 0.15) is 0 Å². The lowest BCUT2D eigenvalue weighted by molar-refractivity contribution is 0.127. The van der Waals surface area contributed by atoms with Crippen molar-refractivity contribution in [1.29, 1.82) is 0 Å². The number of aliphatic hydroxyl groups is 1. The highest BCUT2D eigenvalue weighted by molar-refractivity contribution is 4.74. The van der Waals surface area contributed by atoms with Gasteiger partial charge in [-0.15, -0.1) is 0 Å². The summed E-state index contributed by atoms with van der Waals surface area (Å²) in [5.74, 6) is 1.76. The molecule has 1 rings (SSSR count). The lowest BCUT2D eigenvalue weighted by Gasteiger charge is -2.21. The molecule has 2 heteroatoms. The van der Waals surface area contributed by atoms with Gasteiger partial charge in [0.2, 0.25) is 0 Å². The summed E-state index contributed by atoms with van der Waals surface area (Å²) in [5, 5.41) is 9.18. The largest absolute Gasteiger partial charge is 0.396 e. The summed E-state index contributed by atoms with van der Waals surface area (Å²) in [6.45, 7) is 6.49. The molecule has 1 heterocycles. The Morgan fingerprint density at radius 3 is 2.67 bits per heavy atom. The van der Waals surface area contributed by atoms with Gasteiger partial charge in [-0.05, 0) is 30.6 Å². The molecule has 1 saturated heterocycles. The maximum atomic E-state index is 9.18. The standard InChI is InChI=1S/C10H20O2/c1-8(2)5-10(6-11)9-3-4-12-7-9/h8-11H,3-7H2,1-2H3. The van der Waals surface area contributed by atoms with Crippen molar-refractivity contribution in [3.8, 4) is 0 Å². The third-order valence-corrected chi connectivity index (χ3v) is 2.64. The van der Waals surface area contributed by atoms with E-state index in [1.165, 1.54) is 0 Å². The van der Waals surface area contributed by atoms with Gasteiger partial charge in [-0.1, -0.05) is 13.8 Å². The van der Waals surface area contributed by atoms with Crippen LogP contribution in [0.2, 0.25) is 0 Å². The third kappa shape index (κ3) is 2.76. The average molecular weight is 172 g/mol. The zero-order valence-electron chi connectivity index (χ0n) is 8.12. The molecule has 1 fully saturated rings. The van der Waals surface area contributed by atoms with Crippen molar-refractivity contribution < 1.29 is 9.84 Å². The summed E-state index contributed by atoms with van der Waals surface area (Å²) < 4.78 is 5.31. The molecule has 1 aliphatic heterocycles. The Balaban J connectivity index is 2.32. The fourth-order valence-electron chi connectivity index (χ4n) is 1.95. The van der Waals surface area contributed by atoms with E-state index >= 15 is 0 Å². The van der Waals surface area contributed by atoms with Crippen LogP contribution in [0.5, 0.6) is 0 Å². The summed E-state index contributed by atoms with van der Waals surface area (Å²) in [6, 6.07) is 0. The highest BCUT2D eigenvalue weighted by Gasteiger charge is 2.25. The summed E-state index contributed by atoms with van der Waals surface area (Å²) in [4.78, 5) is 0. The Morgan fingerprint density at radius 2 is 2.25 bits per heavy atom. The molecule has 0 bridgehead atoms. The van der Waals surface area contributed by atoms with Gasteiger partial charge in [0, 0.05) is 19.8 Å². The second-order valence-electron chi connectivity index (χ2n) is 4.20. The first-order valence-electron chi connectivity index (χ1n) is 4.92. The Kier molecular flexibility index (Phi) is 4.02. The lowest BCUT2D eigenvalue weighted by Crippen LogP contribution is -2.20. The maximum absolute atomic E-state index is 9.18. The zero-order chi connectivity index (χ0) is 8.97. The molecule has 0 aliphatic carbocycles. The molecule has 72 valence electrons. The van der Waals surface area contributed by atoms with E-state index in [9.17, 15) is 5.11 Å². The Labute approximate surface area is 74.9 Å². The monoisotopic (exact) mass is 172 g/mol. The van der Waals surface area contributed by atoms with E-state index in [0.29, 0.717) is 24.4 Å². The summed E-state index contributed by atoms with van der Waals surface area (Å²) in [5.41, 5.74) is 0. The van der Waals surface area contributed by atoms with Crippen molar-refractivity contribution in [2.45, 2.75) is 26.7 Å². The van der Waals surface area contributed by atoms with Gasteiger partial charge in [0.05, 0.1) is 0 Å². The predicted octanol–water partition coefficient (Wildman–Crippen LogP) is 1.68. The minimum Gasteiger partial charge on any atom is -0.396 e. The van der Waals surface area contributed by atoms with E-state index in [2.05, 4.69) is 13.8 Å². The van der Waals surface area contributed by atoms with E-state index in [-0.39, 0.29) is 0 Å². The topological polar surface area (TPSA) is 29.5 Å². The van der Waals surface area contributed by atoms with E-state index < -0.39 is 0 Å². The molecule has 0 spiro atoms. The van der Waals surface area contributed by atoms with Crippen molar-refractivity contribution in [3.05, 3.63) is 0 Å². The first-order chi connectivity index (χ1) is 5.74. The number of rotatable bonds is 4. The molecule has 1 aliphatic rings. The highest BCUT2D eigenvalue weighted by Crippen LogP contribution is 2.26. The highest BCUT2D eigenvalue weighted by atomic mass is 16.5. The zero-order valence-corrected chi connectivity index (χ0v) is 8.12. The van der Waals surface area contributed by atoms with Crippen molar-refractivity contribution in [3.63, 3.8) is 0 Å². The molecule has 2 unspecified atom stereocenters. The first-order valence-corrected chi connectivity index (χ1v) is 4.92. The average Bonchev–Trinajstić information content (AvgIpc) is 2.51. The Hall–Kier alpha value is -0.0800. The lowest BCUT2D eigenvalue weighted by atomic mass is 9.85. The molecule has 0 saturated carbocycles. The fraction of sp³-hybridized carbons (Fsp3) is 1.00. The van der Waals surface area contributed by atoms with Crippen LogP contribution in [0.4, 0.5) is 0 Å². The minimum atomic E-state index is 0.326. The van der Waals surface area contributed by atoms with Crippen LogP contribution < -0.4 is 0 Å². The van der Waals surface area contributed by atoms with Crippen LogP contribution >= 0.6 is 0 Å².